The third-order valence-corrected chi connectivity index (χ3v) is 3.85. The van der Waals surface area contributed by atoms with Gasteiger partial charge in [0.05, 0.1) is 19.6 Å². The lowest BCUT2D eigenvalue weighted by molar-refractivity contribution is -0.142. The van der Waals surface area contributed by atoms with Crippen LogP contribution in [0.4, 0.5) is 0 Å². The van der Waals surface area contributed by atoms with Crippen molar-refractivity contribution in [1.82, 2.24) is 0 Å². The quantitative estimate of drug-likeness (QED) is 0.614. The summed E-state index contributed by atoms with van der Waals surface area (Å²) in [5.41, 5.74) is 0.00594. The highest BCUT2D eigenvalue weighted by Crippen LogP contribution is 2.32. The first-order valence-corrected chi connectivity index (χ1v) is 8.11. The number of aryl methyl sites for hydroxylation is 1. The minimum atomic E-state index is -0.506. The van der Waals surface area contributed by atoms with Crippen LogP contribution < -0.4 is 19.6 Å². The van der Waals surface area contributed by atoms with Crippen molar-refractivity contribution in [2.24, 2.45) is 0 Å². The number of carbonyl (C=O) groups is 1. The Morgan fingerprint density at radius 1 is 1.07 bits per heavy atom. The number of methoxy groups -OCH3 is 2. The Bertz CT molecular complexity index is 1040. The molecular weight excluding hydrogens is 352 g/mol. The highest BCUT2D eigenvalue weighted by molar-refractivity contribution is 5.80. The molecule has 140 valence electrons. The first-order chi connectivity index (χ1) is 13.0. The topological polar surface area (TPSA) is 84.2 Å². The Kier molecular flexibility index (Phi) is 5.30. The summed E-state index contributed by atoms with van der Waals surface area (Å²) >= 11 is 0. The van der Waals surface area contributed by atoms with Crippen LogP contribution in [0.2, 0.25) is 0 Å². The van der Waals surface area contributed by atoms with Gasteiger partial charge in [0.2, 0.25) is 11.2 Å². The van der Waals surface area contributed by atoms with Crippen molar-refractivity contribution in [3.8, 4) is 23.0 Å². The molecule has 0 aliphatic heterocycles. The van der Waals surface area contributed by atoms with Crippen LogP contribution in [0.15, 0.2) is 51.7 Å². The number of rotatable bonds is 6. The van der Waals surface area contributed by atoms with E-state index in [1.165, 1.54) is 14.2 Å². The number of ether oxygens (including phenoxy) is 4. The summed E-state index contributed by atoms with van der Waals surface area (Å²) in [5.74, 6) is 1.18. The summed E-state index contributed by atoms with van der Waals surface area (Å²) in [6.45, 7) is 1.40. The molecule has 1 aromatic heterocycles. The van der Waals surface area contributed by atoms with Gasteiger partial charge in [0.1, 0.15) is 17.1 Å². The van der Waals surface area contributed by atoms with E-state index in [1.807, 2.05) is 0 Å². The molecule has 7 nitrogen and oxygen atoms in total. The van der Waals surface area contributed by atoms with E-state index in [1.54, 1.807) is 49.4 Å². The Labute approximate surface area is 155 Å². The molecule has 0 spiro atoms. The maximum Gasteiger partial charge on any atom is 0.343 e. The highest BCUT2D eigenvalue weighted by Gasteiger charge is 2.16. The number of benzene rings is 2. The van der Waals surface area contributed by atoms with Crippen LogP contribution in [0.1, 0.15) is 5.76 Å². The predicted molar refractivity (Wildman–Crippen MR) is 97.8 cm³/mol. The molecule has 0 aliphatic carbocycles. The van der Waals surface area contributed by atoms with Gasteiger partial charge in [-0.2, -0.15) is 0 Å². The van der Waals surface area contributed by atoms with E-state index < -0.39 is 5.97 Å². The van der Waals surface area contributed by atoms with Crippen LogP contribution in [-0.2, 0) is 9.53 Å². The van der Waals surface area contributed by atoms with Crippen molar-refractivity contribution in [1.29, 1.82) is 0 Å². The molecule has 0 amide bonds. The second kappa shape index (κ2) is 7.82. The van der Waals surface area contributed by atoms with E-state index in [2.05, 4.69) is 4.74 Å². The Balaban J connectivity index is 1.96. The van der Waals surface area contributed by atoms with Gasteiger partial charge in [0.25, 0.3) is 0 Å². The molecule has 0 saturated carbocycles. The van der Waals surface area contributed by atoms with Crippen LogP contribution >= 0.6 is 0 Å². The largest absolute Gasteiger partial charge is 0.493 e. The zero-order valence-corrected chi connectivity index (χ0v) is 15.1. The summed E-state index contributed by atoms with van der Waals surface area (Å²) in [6.07, 6.45) is 0. The monoisotopic (exact) mass is 370 g/mol. The Hall–Kier alpha value is -3.48. The SMILES string of the molecule is COC(=O)COc1ccc2c(=O)c(Oc3ccccc3OC)c(C)oc2c1. The first kappa shape index (κ1) is 18.3. The zero-order valence-electron chi connectivity index (χ0n) is 15.1. The maximum atomic E-state index is 12.8. The maximum absolute atomic E-state index is 12.8. The molecule has 0 radical (unpaired) electrons. The summed E-state index contributed by atoms with van der Waals surface area (Å²) in [6, 6.07) is 11.7. The van der Waals surface area contributed by atoms with E-state index in [0.717, 1.165) is 0 Å². The molecule has 1 heterocycles. The number of esters is 1. The molecule has 3 aromatic rings. The lowest BCUT2D eigenvalue weighted by Gasteiger charge is -2.12. The van der Waals surface area contributed by atoms with Gasteiger partial charge in [0, 0.05) is 6.07 Å². The van der Waals surface area contributed by atoms with Crippen LogP contribution in [0.25, 0.3) is 11.0 Å². The lowest BCUT2D eigenvalue weighted by atomic mass is 10.2. The summed E-state index contributed by atoms with van der Waals surface area (Å²) in [7, 11) is 2.80. The Morgan fingerprint density at radius 2 is 1.81 bits per heavy atom. The molecule has 0 bridgehead atoms. The van der Waals surface area contributed by atoms with Gasteiger partial charge in [-0.1, -0.05) is 12.1 Å². The number of hydrogen-bond donors (Lipinski definition) is 0. The van der Waals surface area contributed by atoms with Gasteiger partial charge < -0.3 is 23.4 Å². The van der Waals surface area contributed by atoms with E-state index >= 15 is 0 Å². The van der Waals surface area contributed by atoms with Crippen molar-refractivity contribution in [2.45, 2.75) is 6.92 Å². The van der Waals surface area contributed by atoms with Crippen LogP contribution in [-0.4, -0.2) is 26.8 Å². The zero-order chi connectivity index (χ0) is 19.4. The van der Waals surface area contributed by atoms with Crippen molar-refractivity contribution in [3.05, 3.63) is 58.4 Å². The van der Waals surface area contributed by atoms with Gasteiger partial charge in [-0.3, -0.25) is 4.79 Å². The van der Waals surface area contributed by atoms with Crippen molar-refractivity contribution >= 4 is 16.9 Å². The normalized spacial score (nSPS) is 10.5. The number of hydrogen-bond acceptors (Lipinski definition) is 7. The van der Waals surface area contributed by atoms with Gasteiger partial charge in [-0.05, 0) is 31.2 Å². The lowest BCUT2D eigenvalue weighted by Crippen LogP contribution is -2.12. The average molecular weight is 370 g/mol. The molecule has 27 heavy (non-hydrogen) atoms. The predicted octanol–water partition coefficient (Wildman–Crippen LogP) is 3.45. The third kappa shape index (κ3) is 3.87. The highest BCUT2D eigenvalue weighted by atomic mass is 16.6. The van der Waals surface area contributed by atoms with E-state index in [4.69, 9.17) is 18.6 Å². The molecule has 2 aromatic carbocycles. The third-order valence-electron chi connectivity index (χ3n) is 3.85. The fraction of sp³-hybridized carbons (Fsp3) is 0.200. The molecule has 0 aliphatic rings. The first-order valence-electron chi connectivity index (χ1n) is 8.11. The van der Waals surface area contributed by atoms with Gasteiger partial charge in [-0.15, -0.1) is 0 Å². The fourth-order valence-corrected chi connectivity index (χ4v) is 2.49. The van der Waals surface area contributed by atoms with Crippen molar-refractivity contribution < 1.29 is 28.2 Å². The number of carbonyl (C=O) groups excluding carboxylic acids is 1. The van der Waals surface area contributed by atoms with Crippen LogP contribution in [0, 0.1) is 6.92 Å². The van der Waals surface area contributed by atoms with E-state index in [9.17, 15) is 9.59 Å². The van der Waals surface area contributed by atoms with E-state index in [-0.39, 0.29) is 17.8 Å². The van der Waals surface area contributed by atoms with Crippen LogP contribution in [0.3, 0.4) is 0 Å². The molecule has 7 heteroatoms. The standard InChI is InChI=1S/C20H18O7/c1-12-20(27-16-7-5-4-6-15(16)23-2)19(22)14-9-8-13(10-17(14)26-12)25-11-18(21)24-3/h4-10H,11H2,1-3H3. The van der Waals surface area contributed by atoms with Gasteiger partial charge in [0.15, 0.2) is 18.1 Å². The Morgan fingerprint density at radius 3 is 2.52 bits per heavy atom. The molecule has 3 rings (SSSR count). The fourth-order valence-electron chi connectivity index (χ4n) is 2.49. The number of fused-ring (bicyclic) bond motifs is 1. The van der Waals surface area contributed by atoms with E-state index in [0.29, 0.717) is 34.0 Å². The van der Waals surface area contributed by atoms with Crippen LogP contribution in [0.5, 0.6) is 23.0 Å². The summed E-state index contributed by atoms with van der Waals surface area (Å²) in [4.78, 5) is 24.0. The molecule has 0 N–H and O–H groups in total. The summed E-state index contributed by atoms with van der Waals surface area (Å²) < 4.78 is 26.6. The summed E-state index contributed by atoms with van der Waals surface area (Å²) in [5, 5.41) is 0.330. The molecule has 0 saturated heterocycles. The van der Waals surface area contributed by atoms with Gasteiger partial charge in [-0.25, -0.2) is 4.79 Å². The smallest absolute Gasteiger partial charge is 0.343 e. The second-order valence-corrected chi connectivity index (χ2v) is 5.59. The molecular formula is C20H18O7. The van der Waals surface area contributed by atoms with Crippen molar-refractivity contribution in [2.75, 3.05) is 20.8 Å². The molecule has 0 unspecified atom stereocenters. The van der Waals surface area contributed by atoms with Crippen molar-refractivity contribution in [3.63, 3.8) is 0 Å². The molecule has 0 fully saturated rings. The average Bonchev–Trinajstić information content (AvgIpc) is 2.69. The minimum absolute atomic E-state index is 0.0789. The minimum Gasteiger partial charge on any atom is -0.493 e. The number of para-hydroxylation sites is 2. The van der Waals surface area contributed by atoms with Gasteiger partial charge >= 0.3 is 5.97 Å². The molecule has 0 atom stereocenters. The second-order valence-electron chi connectivity index (χ2n) is 5.59.